The molecule has 0 saturated heterocycles. The van der Waals surface area contributed by atoms with E-state index >= 15 is 0 Å². The minimum Gasteiger partial charge on any atom is -0.424 e. The van der Waals surface area contributed by atoms with Gasteiger partial charge in [-0.1, -0.05) is 11.6 Å². The predicted octanol–water partition coefficient (Wildman–Crippen LogP) is 1.90. The van der Waals surface area contributed by atoms with Crippen molar-refractivity contribution in [3.8, 4) is 0 Å². The summed E-state index contributed by atoms with van der Waals surface area (Å²) in [4.78, 5) is 24.8. The van der Waals surface area contributed by atoms with Crippen molar-refractivity contribution < 1.29 is 18.4 Å². The van der Waals surface area contributed by atoms with Crippen LogP contribution in [-0.4, -0.2) is 21.9 Å². The summed E-state index contributed by atoms with van der Waals surface area (Å²) in [5.74, 6) is -2.01. The molecule has 1 aromatic carbocycles. The number of carbonyl (C=O) groups is 2. The van der Waals surface area contributed by atoms with Crippen LogP contribution in [0, 0.1) is 12.7 Å². The molecule has 6 nitrogen and oxygen atoms in total. The van der Waals surface area contributed by atoms with E-state index in [-0.39, 0.29) is 28.7 Å². The molecule has 0 radical (unpaired) electrons. The predicted molar refractivity (Wildman–Crippen MR) is 66.0 cm³/mol. The Balaban J connectivity index is 2.08. The molecule has 20 heavy (non-hydrogen) atoms. The normalized spacial score (nSPS) is 14.1. The van der Waals surface area contributed by atoms with Gasteiger partial charge in [-0.3, -0.25) is 14.5 Å². The van der Waals surface area contributed by atoms with Gasteiger partial charge in [0.15, 0.2) is 0 Å². The number of anilines is 1. The number of aromatic nitrogens is 2. The fourth-order valence-corrected chi connectivity index (χ4v) is 2.28. The van der Waals surface area contributed by atoms with E-state index in [0.717, 1.165) is 11.0 Å². The lowest BCUT2D eigenvalue weighted by atomic mass is 10.1. The van der Waals surface area contributed by atoms with Crippen LogP contribution < -0.4 is 4.90 Å². The number of benzene rings is 1. The summed E-state index contributed by atoms with van der Waals surface area (Å²) in [7, 11) is 0. The van der Waals surface area contributed by atoms with Crippen LogP contribution in [0.3, 0.4) is 0 Å². The molecule has 0 bridgehead atoms. The molecule has 8 heteroatoms. The molecule has 0 aliphatic carbocycles. The van der Waals surface area contributed by atoms with E-state index in [4.69, 9.17) is 16.0 Å². The standard InChI is InChI=1S/C12H7ClFN3O3/c1-5-15-16-8(20-5)4-17-10-7(14)3-2-6(13)9(10)11(18)12(17)19/h2-3H,4H2,1H3. The van der Waals surface area contributed by atoms with Crippen LogP contribution in [0.4, 0.5) is 10.1 Å². The highest BCUT2D eigenvalue weighted by molar-refractivity contribution is 6.55. The first-order valence-electron chi connectivity index (χ1n) is 5.62. The van der Waals surface area contributed by atoms with Crippen molar-refractivity contribution in [1.82, 2.24) is 10.2 Å². The lowest BCUT2D eigenvalue weighted by molar-refractivity contribution is -0.114. The summed E-state index contributed by atoms with van der Waals surface area (Å²) in [6.45, 7) is 1.40. The third-order valence-corrected chi connectivity index (χ3v) is 3.19. The zero-order valence-corrected chi connectivity index (χ0v) is 10.9. The summed E-state index contributed by atoms with van der Waals surface area (Å²) in [5.41, 5.74) is -0.281. The number of hydrogen-bond acceptors (Lipinski definition) is 5. The van der Waals surface area contributed by atoms with Crippen molar-refractivity contribution >= 4 is 29.0 Å². The summed E-state index contributed by atoms with van der Waals surface area (Å²) in [5, 5.41) is 7.36. The van der Waals surface area contributed by atoms with E-state index in [1.807, 2.05) is 0 Å². The van der Waals surface area contributed by atoms with Gasteiger partial charge < -0.3 is 4.42 Å². The highest BCUT2D eigenvalue weighted by Gasteiger charge is 2.40. The molecule has 102 valence electrons. The van der Waals surface area contributed by atoms with Crippen molar-refractivity contribution in [3.63, 3.8) is 0 Å². The maximum absolute atomic E-state index is 13.9. The molecule has 0 saturated carbocycles. The first-order valence-corrected chi connectivity index (χ1v) is 6.00. The van der Waals surface area contributed by atoms with Gasteiger partial charge in [-0.25, -0.2) is 4.39 Å². The summed E-state index contributed by atoms with van der Waals surface area (Å²) in [6, 6.07) is 2.33. The maximum Gasteiger partial charge on any atom is 0.300 e. The third-order valence-electron chi connectivity index (χ3n) is 2.88. The van der Waals surface area contributed by atoms with Crippen LogP contribution in [0.25, 0.3) is 0 Å². The van der Waals surface area contributed by atoms with Gasteiger partial charge >= 0.3 is 0 Å². The van der Waals surface area contributed by atoms with Crippen LogP contribution in [0.1, 0.15) is 22.1 Å². The van der Waals surface area contributed by atoms with Gasteiger partial charge in [-0.05, 0) is 12.1 Å². The third kappa shape index (κ3) is 1.78. The van der Waals surface area contributed by atoms with E-state index in [1.165, 1.54) is 6.07 Å². The van der Waals surface area contributed by atoms with Gasteiger partial charge in [0.1, 0.15) is 12.4 Å². The average Bonchev–Trinajstić information content (AvgIpc) is 2.92. The first-order chi connectivity index (χ1) is 9.49. The van der Waals surface area contributed by atoms with Gasteiger partial charge in [0.2, 0.25) is 11.8 Å². The minimum atomic E-state index is -0.872. The molecule has 0 spiro atoms. The molecule has 1 aliphatic heterocycles. The summed E-state index contributed by atoms with van der Waals surface area (Å²) >= 11 is 5.86. The van der Waals surface area contributed by atoms with Crippen molar-refractivity contribution in [2.75, 3.05) is 4.90 Å². The smallest absolute Gasteiger partial charge is 0.300 e. The first kappa shape index (κ1) is 12.7. The van der Waals surface area contributed by atoms with Gasteiger partial charge in [-0.15, -0.1) is 10.2 Å². The van der Waals surface area contributed by atoms with E-state index in [2.05, 4.69) is 10.2 Å². The van der Waals surface area contributed by atoms with Crippen molar-refractivity contribution in [1.29, 1.82) is 0 Å². The van der Waals surface area contributed by atoms with E-state index < -0.39 is 17.5 Å². The zero-order valence-electron chi connectivity index (χ0n) is 10.2. The SMILES string of the molecule is Cc1nnc(CN2C(=O)C(=O)c3c(Cl)ccc(F)c32)o1. The van der Waals surface area contributed by atoms with E-state index in [9.17, 15) is 14.0 Å². The number of nitrogens with zero attached hydrogens (tertiary/aromatic N) is 3. The number of amides is 1. The Bertz CT molecular complexity index is 744. The largest absolute Gasteiger partial charge is 0.424 e. The number of aryl methyl sites for hydroxylation is 1. The number of carbonyl (C=O) groups excluding carboxylic acids is 2. The number of hydrogen-bond donors (Lipinski definition) is 0. The Hall–Kier alpha value is -2.28. The van der Waals surface area contributed by atoms with E-state index in [1.54, 1.807) is 6.92 Å². The second kappa shape index (κ2) is 4.38. The van der Waals surface area contributed by atoms with Crippen LogP contribution in [0.2, 0.25) is 5.02 Å². The summed E-state index contributed by atoms with van der Waals surface area (Å²) in [6.07, 6.45) is 0. The lowest BCUT2D eigenvalue weighted by Gasteiger charge is -2.14. The van der Waals surface area contributed by atoms with Crippen LogP contribution in [0.15, 0.2) is 16.5 Å². The number of halogens is 2. The van der Waals surface area contributed by atoms with Gasteiger partial charge in [0, 0.05) is 6.92 Å². The van der Waals surface area contributed by atoms with E-state index in [0.29, 0.717) is 5.89 Å². The molecule has 1 aliphatic rings. The number of Topliss-reactive ketones (excluding diaryl/α,β-unsaturated/α-hetero) is 1. The number of fused-ring (bicyclic) bond motifs is 1. The monoisotopic (exact) mass is 295 g/mol. The zero-order chi connectivity index (χ0) is 14.4. The molecule has 0 fully saturated rings. The highest BCUT2D eigenvalue weighted by atomic mass is 35.5. The van der Waals surface area contributed by atoms with Crippen LogP contribution >= 0.6 is 11.6 Å². The fourth-order valence-electron chi connectivity index (χ4n) is 2.04. The minimum absolute atomic E-state index is 0.0314. The Labute approximate surface area is 117 Å². The Kier molecular flexibility index (Phi) is 2.79. The topological polar surface area (TPSA) is 76.3 Å². The van der Waals surface area contributed by atoms with Gasteiger partial charge in [-0.2, -0.15) is 0 Å². The number of ketones is 1. The molecule has 0 atom stereocenters. The number of rotatable bonds is 2. The van der Waals surface area contributed by atoms with Crippen molar-refractivity contribution in [2.45, 2.75) is 13.5 Å². The fraction of sp³-hybridized carbons (Fsp3) is 0.167. The van der Waals surface area contributed by atoms with Crippen LogP contribution in [-0.2, 0) is 11.3 Å². The highest BCUT2D eigenvalue weighted by Crippen LogP contribution is 2.37. The molecule has 1 aromatic heterocycles. The molecular formula is C12H7ClFN3O3. The van der Waals surface area contributed by atoms with Crippen molar-refractivity contribution in [3.05, 3.63) is 40.3 Å². The molecule has 1 amide bonds. The van der Waals surface area contributed by atoms with Crippen LogP contribution in [0.5, 0.6) is 0 Å². The van der Waals surface area contributed by atoms with Gasteiger partial charge in [0.25, 0.3) is 11.7 Å². The Morgan fingerprint density at radius 3 is 2.75 bits per heavy atom. The molecule has 3 rings (SSSR count). The molecular weight excluding hydrogens is 289 g/mol. The Morgan fingerprint density at radius 2 is 2.10 bits per heavy atom. The molecule has 2 heterocycles. The lowest BCUT2D eigenvalue weighted by Crippen LogP contribution is -2.29. The van der Waals surface area contributed by atoms with Gasteiger partial charge in [0.05, 0.1) is 16.3 Å². The maximum atomic E-state index is 13.9. The second-order valence-corrected chi connectivity index (χ2v) is 4.60. The molecule has 0 N–H and O–H groups in total. The molecule has 2 aromatic rings. The molecule has 0 unspecified atom stereocenters. The van der Waals surface area contributed by atoms with Crippen molar-refractivity contribution in [2.24, 2.45) is 0 Å². The second-order valence-electron chi connectivity index (χ2n) is 4.19. The summed E-state index contributed by atoms with van der Waals surface area (Å²) < 4.78 is 19.0. The quantitative estimate of drug-likeness (QED) is 0.791. The average molecular weight is 296 g/mol. The Morgan fingerprint density at radius 1 is 1.35 bits per heavy atom.